The number of nitrogens with one attached hydrogen (secondary N) is 1. The SMILES string of the molecule is Cc1ccc(S(=O)(=O)N[C@@]2(C(F)(F)F)C(=O)N(C[C@H]3CCCO3)C3=C2C(=O)CC(C)(C)C3)cc1. The third-order valence-corrected chi connectivity index (χ3v) is 8.04. The lowest BCUT2D eigenvalue weighted by molar-refractivity contribution is -0.189. The minimum absolute atomic E-state index is 0.0244. The van der Waals surface area contributed by atoms with Gasteiger partial charge in [0.25, 0.3) is 5.91 Å². The van der Waals surface area contributed by atoms with Crippen molar-refractivity contribution in [2.24, 2.45) is 5.41 Å². The molecule has 11 heteroatoms. The molecule has 1 aromatic carbocycles. The molecule has 0 aromatic heterocycles. The minimum Gasteiger partial charge on any atom is -0.376 e. The Balaban J connectivity index is 1.88. The second-order valence-corrected chi connectivity index (χ2v) is 11.7. The first kappa shape index (κ1) is 24.9. The minimum atomic E-state index is -5.40. The molecule has 7 nitrogen and oxygen atoms in total. The summed E-state index contributed by atoms with van der Waals surface area (Å²) in [7, 11) is -4.82. The van der Waals surface area contributed by atoms with Gasteiger partial charge in [0.15, 0.2) is 5.78 Å². The topological polar surface area (TPSA) is 92.8 Å². The van der Waals surface area contributed by atoms with Gasteiger partial charge in [-0.1, -0.05) is 31.5 Å². The summed E-state index contributed by atoms with van der Waals surface area (Å²) < 4.78 is 77.8. The Bertz CT molecular complexity index is 1150. The molecule has 1 amide bonds. The number of hydrogen-bond acceptors (Lipinski definition) is 5. The van der Waals surface area contributed by atoms with Crippen LogP contribution in [0, 0.1) is 12.3 Å². The smallest absolute Gasteiger partial charge is 0.376 e. The fourth-order valence-corrected chi connectivity index (χ4v) is 6.27. The molecular formula is C23H27F3N2O5S. The number of Topliss-reactive ketones (excluding diaryl/α,β-unsaturated/α-hetero) is 1. The van der Waals surface area contributed by atoms with E-state index in [4.69, 9.17) is 4.74 Å². The van der Waals surface area contributed by atoms with Gasteiger partial charge in [0, 0.05) is 18.7 Å². The zero-order valence-corrected chi connectivity index (χ0v) is 20.0. The van der Waals surface area contributed by atoms with E-state index in [1.165, 1.54) is 12.1 Å². The van der Waals surface area contributed by atoms with Crippen molar-refractivity contribution in [1.29, 1.82) is 0 Å². The zero-order valence-electron chi connectivity index (χ0n) is 19.2. The van der Waals surface area contributed by atoms with E-state index in [-0.39, 0.29) is 25.1 Å². The molecule has 1 N–H and O–H groups in total. The molecule has 2 heterocycles. The predicted molar refractivity (Wildman–Crippen MR) is 116 cm³/mol. The molecule has 0 unspecified atom stereocenters. The monoisotopic (exact) mass is 500 g/mol. The number of ketones is 1. The van der Waals surface area contributed by atoms with E-state index in [0.29, 0.717) is 25.0 Å². The summed E-state index contributed by atoms with van der Waals surface area (Å²) in [5, 5.41) is 0. The van der Waals surface area contributed by atoms with Crippen LogP contribution in [0.2, 0.25) is 0 Å². The van der Waals surface area contributed by atoms with Crippen LogP contribution >= 0.6 is 0 Å². The number of ether oxygens (including phenoxy) is 1. The maximum atomic E-state index is 14.8. The standard InChI is InChI=1S/C23H27F3N2O5S/c1-14-6-8-16(9-7-14)34(31,32)27-22(23(24,25)26)19-17(11-21(2,3)12-18(19)29)28(20(22)30)13-15-5-4-10-33-15/h6-9,15,27H,4-5,10-13H2,1-3H3/t15-,22-/m1/s1. The molecule has 1 fully saturated rings. The first-order valence-corrected chi connectivity index (χ1v) is 12.5. The van der Waals surface area contributed by atoms with Gasteiger partial charge in [0.1, 0.15) is 0 Å². The van der Waals surface area contributed by atoms with E-state index >= 15 is 0 Å². The lowest BCUT2D eigenvalue weighted by Crippen LogP contribution is -2.66. The van der Waals surface area contributed by atoms with Crippen molar-refractivity contribution in [3.8, 4) is 0 Å². The lowest BCUT2D eigenvalue weighted by Gasteiger charge is -2.35. The summed E-state index contributed by atoms with van der Waals surface area (Å²) in [6, 6.07) is 5.20. The molecule has 0 bridgehead atoms. The van der Waals surface area contributed by atoms with E-state index in [1.807, 2.05) is 0 Å². The fraction of sp³-hybridized carbons (Fsp3) is 0.565. The third kappa shape index (κ3) is 4.07. The van der Waals surface area contributed by atoms with Crippen LogP contribution in [-0.2, 0) is 24.3 Å². The normalized spacial score (nSPS) is 27.5. The van der Waals surface area contributed by atoms with Gasteiger partial charge in [0.2, 0.25) is 15.6 Å². The van der Waals surface area contributed by atoms with E-state index in [1.54, 1.807) is 25.5 Å². The summed E-state index contributed by atoms with van der Waals surface area (Å²) in [6.07, 6.45) is -4.85. The Hall–Kier alpha value is -2.24. The Kier molecular flexibility index (Phi) is 5.97. The number of sulfonamides is 1. The fourth-order valence-electron chi connectivity index (χ4n) is 4.95. The highest BCUT2D eigenvalue weighted by Crippen LogP contribution is 2.52. The van der Waals surface area contributed by atoms with Crippen molar-refractivity contribution in [1.82, 2.24) is 9.62 Å². The molecule has 2 atom stereocenters. The van der Waals surface area contributed by atoms with E-state index in [9.17, 15) is 31.2 Å². The molecule has 1 aromatic rings. The lowest BCUT2D eigenvalue weighted by atomic mass is 9.72. The van der Waals surface area contributed by atoms with Crippen LogP contribution in [0.15, 0.2) is 40.4 Å². The average molecular weight is 501 g/mol. The zero-order chi connectivity index (χ0) is 25.1. The molecule has 2 aliphatic heterocycles. The van der Waals surface area contributed by atoms with Crippen molar-refractivity contribution in [2.75, 3.05) is 13.2 Å². The number of nitrogens with zero attached hydrogens (tertiary/aromatic N) is 1. The number of hydrogen-bond donors (Lipinski definition) is 1. The van der Waals surface area contributed by atoms with Gasteiger partial charge in [-0.2, -0.15) is 17.9 Å². The van der Waals surface area contributed by atoms with Gasteiger partial charge in [0.05, 0.1) is 23.1 Å². The van der Waals surface area contributed by atoms with Crippen LogP contribution in [0.5, 0.6) is 0 Å². The first-order chi connectivity index (χ1) is 15.7. The first-order valence-electron chi connectivity index (χ1n) is 11.1. The van der Waals surface area contributed by atoms with Crippen LogP contribution in [0.3, 0.4) is 0 Å². The quantitative estimate of drug-likeness (QED) is 0.670. The van der Waals surface area contributed by atoms with E-state index in [0.717, 1.165) is 17.0 Å². The van der Waals surface area contributed by atoms with Crippen LogP contribution in [-0.4, -0.2) is 56.0 Å². The Morgan fingerprint density at radius 1 is 1.15 bits per heavy atom. The van der Waals surface area contributed by atoms with Gasteiger partial charge in [-0.15, -0.1) is 0 Å². The Morgan fingerprint density at radius 3 is 2.35 bits per heavy atom. The molecule has 34 heavy (non-hydrogen) atoms. The molecule has 0 radical (unpaired) electrons. The van der Waals surface area contributed by atoms with Crippen LogP contribution in [0.1, 0.15) is 45.1 Å². The number of benzene rings is 1. The predicted octanol–water partition coefficient (Wildman–Crippen LogP) is 3.24. The van der Waals surface area contributed by atoms with Crippen LogP contribution in [0.4, 0.5) is 13.2 Å². The third-order valence-electron chi connectivity index (χ3n) is 6.57. The van der Waals surface area contributed by atoms with Crippen molar-refractivity contribution in [2.45, 2.75) is 69.2 Å². The molecule has 186 valence electrons. The second kappa shape index (κ2) is 8.17. The number of amides is 1. The molecular weight excluding hydrogens is 473 g/mol. The number of allylic oxidation sites excluding steroid dienone is 1. The molecule has 1 aliphatic carbocycles. The van der Waals surface area contributed by atoms with Crippen LogP contribution < -0.4 is 4.72 Å². The highest BCUT2D eigenvalue weighted by Gasteiger charge is 2.72. The Morgan fingerprint density at radius 2 is 1.79 bits per heavy atom. The average Bonchev–Trinajstić information content (AvgIpc) is 3.28. The van der Waals surface area contributed by atoms with Crippen molar-refractivity contribution < 1.29 is 35.9 Å². The van der Waals surface area contributed by atoms with E-state index in [2.05, 4.69) is 0 Å². The highest BCUT2D eigenvalue weighted by atomic mass is 32.2. The molecule has 4 rings (SSSR count). The number of carbonyl (C=O) groups is 2. The highest BCUT2D eigenvalue weighted by molar-refractivity contribution is 7.89. The second-order valence-electron chi connectivity index (χ2n) is 9.98. The largest absolute Gasteiger partial charge is 0.421 e. The van der Waals surface area contributed by atoms with Gasteiger partial charge in [-0.3, -0.25) is 9.59 Å². The van der Waals surface area contributed by atoms with Gasteiger partial charge in [-0.25, -0.2) is 8.42 Å². The maximum Gasteiger partial charge on any atom is 0.421 e. The number of halogens is 3. The summed E-state index contributed by atoms with van der Waals surface area (Å²) in [5.74, 6) is -2.40. The van der Waals surface area contributed by atoms with Crippen molar-refractivity contribution in [3.05, 3.63) is 41.1 Å². The Labute approximate surface area is 196 Å². The summed E-state index contributed by atoms with van der Waals surface area (Å²) in [5.41, 5.74) is -4.58. The van der Waals surface area contributed by atoms with Gasteiger partial charge in [-0.05, 0) is 43.7 Å². The van der Waals surface area contributed by atoms with Crippen LogP contribution in [0.25, 0.3) is 0 Å². The number of carbonyl (C=O) groups excluding carboxylic acids is 2. The van der Waals surface area contributed by atoms with E-state index < -0.39 is 55.4 Å². The number of aryl methyl sites for hydroxylation is 1. The number of alkyl halides is 3. The van der Waals surface area contributed by atoms with Crippen molar-refractivity contribution in [3.63, 3.8) is 0 Å². The van der Waals surface area contributed by atoms with Gasteiger partial charge >= 0.3 is 6.18 Å². The summed E-state index contributed by atoms with van der Waals surface area (Å²) in [6.45, 7) is 5.41. The summed E-state index contributed by atoms with van der Waals surface area (Å²) in [4.78, 5) is 27.2. The molecule has 0 saturated carbocycles. The van der Waals surface area contributed by atoms with Crippen molar-refractivity contribution >= 4 is 21.7 Å². The maximum absolute atomic E-state index is 14.8. The number of rotatable bonds is 5. The molecule has 1 saturated heterocycles. The summed E-state index contributed by atoms with van der Waals surface area (Å²) >= 11 is 0. The van der Waals surface area contributed by atoms with Gasteiger partial charge < -0.3 is 9.64 Å². The molecule has 0 spiro atoms. The molecule has 3 aliphatic rings.